The highest BCUT2D eigenvalue weighted by Gasteiger charge is 2.12. The van der Waals surface area contributed by atoms with Crippen LogP contribution in [0.3, 0.4) is 0 Å². The molecule has 0 saturated carbocycles. The number of nitrogens with one attached hydrogen (secondary N) is 2. The number of halogens is 1. The summed E-state index contributed by atoms with van der Waals surface area (Å²) in [5.74, 6) is 0.769. The topological polar surface area (TPSA) is 62.7 Å². The van der Waals surface area contributed by atoms with Crippen LogP contribution in [0.25, 0.3) is 10.6 Å². The maximum atomic E-state index is 5.94. The van der Waals surface area contributed by atoms with E-state index in [0.29, 0.717) is 0 Å². The molecule has 0 aliphatic heterocycles. The normalized spacial score (nSPS) is 12.0. The highest BCUT2D eigenvalue weighted by Crippen LogP contribution is 2.33. The van der Waals surface area contributed by atoms with Crippen molar-refractivity contribution in [3.05, 3.63) is 69.3 Å². The van der Waals surface area contributed by atoms with Gasteiger partial charge >= 0.3 is 0 Å². The van der Waals surface area contributed by atoms with Gasteiger partial charge < -0.3 is 10.6 Å². The molecule has 0 saturated heterocycles. The summed E-state index contributed by atoms with van der Waals surface area (Å²) in [6.45, 7) is 6.14. The van der Waals surface area contributed by atoms with Gasteiger partial charge in [0.2, 0.25) is 0 Å². The van der Waals surface area contributed by atoms with Gasteiger partial charge in [-0.2, -0.15) is 0 Å². The first-order chi connectivity index (χ1) is 14.0. The summed E-state index contributed by atoms with van der Waals surface area (Å²) in [5.41, 5.74) is 4.10. The van der Waals surface area contributed by atoms with Crippen molar-refractivity contribution in [1.29, 1.82) is 0 Å². The fourth-order valence-electron chi connectivity index (χ4n) is 2.93. The SMILES string of the molecule is Cc1nc(C)c(-c2csc(Nc3ccc(C(C)Nc4ccc(Cl)cc4)cn3)n2)s1. The average molecular weight is 442 g/mol. The zero-order valence-electron chi connectivity index (χ0n) is 16.2. The zero-order chi connectivity index (χ0) is 20.4. The van der Waals surface area contributed by atoms with E-state index in [4.69, 9.17) is 11.6 Å². The second kappa shape index (κ2) is 8.49. The van der Waals surface area contributed by atoms with Crippen molar-refractivity contribution in [3.8, 4) is 10.6 Å². The maximum Gasteiger partial charge on any atom is 0.188 e. The number of rotatable bonds is 6. The van der Waals surface area contributed by atoms with Crippen LogP contribution in [0.1, 0.15) is 29.2 Å². The van der Waals surface area contributed by atoms with Gasteiger partial charge in [0, 0.05) is 22.3 Å². The molecule has 0 aliphatic rings. The lowest BCUT2D eigenvalue weighted by molar-refractivity contribution is 0.876. The monoisotopic (exact) mass is 441 g/mol. The molecule has 4 aromatic rings. The number of anilines is 3. The predicted molar refractivity (Wildman–Crippen MR) is 124 cm³/mol. The molecule has 1 atom stereocenters. The lowest BCUT2D eigenvalue weighted by Crippen LogP contribution is -2.07. The molecule has 3 heterocycles. The van der Waals surface area contributed by atoms with Gasteiger partial charge in [-0.3, -0.25) is 0 Å². The van der Waals surface area contributed by atoms with Crippen LogP contribution >= 0.6 is 34.3 Å². The van der Waals surface area contributed by atoms with E-state index in [9.17, 15) is 0 Å². The van der Waals surface area contributed by atoms with E-state index in [1.807, 2.05) is 50.4 Å². The number of nitrogens with zero attached hydrogens (tertiary/aromatic N) is 3. The molecule has 1 aromatic carbocycles. The van der Waals surface area contributed by atoms with Crippen LogP contribution in [0.2, 0.25) is 5.02 Å². The van der Waals surface area contributed by atoms with Crippen LogP contribution in [0.5, 0.6) is 0 Å². The highest BCUT2D eigenvalue weighted by atomic mass is 35.5. The third-order valence-corrected chi connectivity index (χ3v) is 6.49. The van der Waals surface area contributed by atoms with E-state index in [2.05, 4.69) is 44.0 Å². The van der Waals surface area contributed by atoms with Crippen molar-refractivity contribution in [3.63, 3.8) is 0 Å². The van der Waals surface area contributed by atoms with Crippen LogP contribution in [-0.4, -0.2) is 15.0 Å². The van der Waals surface area contributed by atoms with Crippen molar-refractivity contribution in [2.75, 3.05) is 10.6 Å². The first-order valence-corrected chi connectivity index (χ1v) is 11.2. The number of hydrogen-bond donors (Lipinski definition) is 2. The van der Waals surface area contributed by atoms with Crippen molar-refractivity contribution in [2.24, 2.45) is 0 Å². The Morgan fingerprint density at radius 2 is 1.83 bits per heavy atom. The molecule has 0 radical (unpaired) electrons. The number of benzene rings is 1. The minimum Gasteiger partial charge on any atom is -0.378 e. The third kappa shape index (κ3) is 4.75. The summed E-state index contributed by atoms with van der Waals surface area (Å²) in [6, 6.07) is 11.8. The fraction of sp³-hybridized carbons (Fsp3) is 0.190. The van der Waals surface area contributed by atoms with E-state index >= 15 is 0 Å². The number of aryl methyl sites for hydroxylation is 2. The largest absolute Gasteiger partial charge is 0.378 e. The van der Waals surface area contributed by atoms with Gasteiger partial charge in [-0.25, -0.2) is 15.0 Å². The lowest BCUT2D eigenvalue weighted by Gasteiger charge is -2.15. The van der Waals surface area contributed by atoms with Gasteiger partial charge in [-0.05, 0) is 56.7 Å². The Morgan fingerprint density at radius 1 is 1.03 bits per heavy atom. The molecule has 0 fully saturated rings. The van der Waals surface area contributed by atoms with E-state index in [0.717, 1.165) is 48.5 Å². The molecule has 148 valence electrons. The summed E-state index contributed by atoms with van der Waals surface area (Å²) in [6.07, 6.45) is 1.88. The molecular weight excluding hydrogens is 422 g/mol. The number of pyridine rings is 1. The Morgan fingerprint density at radius 3 is 2.48 bits per heavy atom. The number of hydrogen-bond acceptors (Lipinski definition) is 7. The Balaban J connectivity index is 1.42. The summed E-state index contributed by atoms with van der Waals surface area (Å²) in [5, 5.41) is 11.4. The molecule has 0 amide bonds. The summed E-state index contributed by atoms with van der Waals surface area (Å²) < 4.78 is 0. The van der Waals surface area contributed by atoms with Crippen molar-refractivity contribution in [1.82, 2.24) is 15.0 Å². The quantitative estimate of drug-likeness (QED) is 0.342. The second-order valence-electron chi connectivity index (χ2n) is 6.66. The minimum atomic E-state index is 0.127. The van der Waals surface area contributed by atoms with Crippen molar-refractivity contribution >= 4 is 50.9 Å². The summed E-state index contributed by atoms with van der Waals surface area (Å²) in [7, 11) is 0. The summed E-state index contributed by atoms with van der Waals surface area (Å²) in [4.78, 5) is 14.8. The zero-order valence-corrected chi connectivity index (χ0v) is 18.6. The first kappa shape index (κ1) is 19.8. The predicted octanol–water partition coefficient (Wildman–Crippen LogP) is 6.85. The number of aromatic nitrogens is 3. The molecule has 3 aromatic heterocycles. The molecule has 0 spiro atoms. The Labute approximate surface area is 182 Å². The molecule has 0 bridgehead atoms. The van der Waals surface area contributed by atoms with Gasteiger partial charge in [0.1, 0.15) is 5.82 Å². The molecule has 1 unspecified atom stereocenters. The van der Waals surface area contributed by atoms with Gasteiger partial charge in [-0.1, -0.05) is 17.7 Å². The second-order valence-corrected chi connectivity index (χ2v) is 9.16. The van der Waals surface area contributed by atoms with Crippen LogP contribution in [-0.2, 0) is 0 Å². The third-order valence-electron chi connectivity index (χ3n) is 4.39. The lowest BCUT2D eigenvalue weighted by atomic mass is 10.1. The molecule has 4 rings (SSSR count). The van der Waals surface area contributed by atoms with Gasteiger partial charge in [0.15, 0.2) is 5.13 Å². The molecular formula is C21H20ClN5S2. The van der Waals surface area contributed by atoms with E-state index in [1.165, 1.54) is 0 Å². The Hall–Kier alpha value is -2.48. The van der Waals surface area contributed by atoms with Crippen molar-refractivity contribution in [2.45, 2.75) is 26.8 Å². The Kier molecular flexibility index (Phi) is 5.80. The molecule has 2 N–H and O–H groups in total. The highest BCUT2D eigenvalue weighted by molar-refractivity contribution is 7.16. The molecule has 8 heteroatoms. The van der Waals surface area contributed by atoms with Crippen LogP contribution < -0.4 is 10.6 Å². The Bertz CT molecular complexity index is 1100. The maximum absolute atomic E-state index is 5.94. The van der Waals surface area contributed by atoms with Crippen LogP contribution in [0.15, 0.2) is 48.0 Å². The van der Waals surface area contributed by atoms with Gasteiger partial charge in [-0.15, -0.1) is 22.7 Å². The first-order valence-electron chi connectivity index (χ1n) is 9.13. The van der Waals surface area contributed by atoms with E-state index in [-0.39, 0.29) is 6.04 Å². The average Bonchev–Trinajstić information content (AvgIpc) is 3.29. The van der Waals surface area contributed by atoms with Crippen LogP contribution in [0.4, 0.5) is 16.6 Å². The van der Waals surface area contributed by atoms with E-state index < -0.39 is 0 Å². The number of thiazole rings is 2. The van der Waals surface area contributed by atoms with E-state index in [1.54, 1.807) is 22.7 Å². The smallest absolute Gasteiger partial charge is 0.188 e. The molecule has 5 nitrogen and oxygen atoms in total. The minimum absolute atomic E-state index is 0.127. The van der Waals surface area contributed by atoms with Crippen molar-refractivity contribution < 1.29 is 0 Å². The molecule has 0 aliphatic carbocycles. The van der Waals surface area contributed by atoms with Gasteiger partial charge in [0.25, 0.3) is 0 Å². The molecule has 29 heavy (non-hydrogen) atoms. The standard InChI is InChI=1S/C21H20ClN5S2/c1-12(25-17-7-5-16(22)6-8-17)15-4-9-19(23-10-15)27-21-26-18(11-28-21)20-13(2)24-14(3)29-20/h4-12,25H,1-3H3,(H,23,26,27). The van der Waals surface area contributed by atoms with Gasteiger partial charge in [0.05, 0.1) is 27.3 Å². The summed E-state index contributed by atoms with van der Waals surface area (Å²) >= 11 is 9.18. The van der Waals surface area contributed by atoms with Crippen LogP contribution in [0, 0.1) is 13.8 Å². The fourth-order valence-corrected chi connectivity index (χ4v) is 4.72.